The first kappa shape index (κ1) is 21.3. The fourth-order valence-electron chi connectivity index (χ4n) is 3.10. The van der Waals surface area contributed by atoms with E-state index in [4.69, 9.17) is 0 Å². The van der Waals surface area contributed by atoms with E-state index < -0.39 is 0 Å². The molecule has 1 N–H and O–H groups in total. The summed E-state index contributed by atoms with van der Waals surface area (Å²) in [6.45, 7) is 4.52. The van der Waals surface area contributed by atoms with Gasteiger partial charge in [0.1, 0.15) is 5.01 Å². The van der Waals surface area contributed by atoms with Crippen molar-refractivity contribution in [3.05, 3.63) is 69.2 Å². The summed E-state index contributed by atoms with van der Waals surface area (Å²) in [4.78, 5) is 29.3. The van der Waals surface area contributed by atoms with Crippen LogP contribution in [-0.4, -0.2) is 25.7 Å². The Morgan fingerprint density at radius 2 is 1.94 bits per heavy atom. The van der Waals surface area contributed by atoms with Crippen molar-refractivity contribution >= 4 is 49.2 Å². The number of aryl methyl sites for hydroxylation is 1. The lowest BCUT2D eigenvalue weighted by Gasteiger charge is -2.06. The molecule has 0 saturated heterocycles. The lowest BCUT2D eigenvalue weighted by molar-refractivity contribution is -0.116. The maximum atomic E-state index is 12.6. The molecule has 4 aromatic rings. The molecule has 0 bridgehead atoms. The highest BCUT2D eigenvalue weighted by molar-refractivity contribution is 9.10. The first-order valence-corrected chi connectivity index (χ1v) is 11.4. The van der Waals surface area contributed by atoms with Crippen molar-refractivity contribution in [2.75, 3.05) is 5.32 Å². The molecule has 0 unspecified atom stereocenters. The second-order valence-electron chi connectivity index (χ2n) is 7.39. The van der Waals surface area contributed by atoms with E-state index in [1.165, 1.54) is 27.8 Å². The zero-order chi connectivity index (χ0) is 22.0. The number of rotatable bonds is 6. The number of hydrogen-bond acceptors (Lipinski definition) is 6. The molecule has 4 rings (SSSR count). The molecule has 31 heavy (non-hydrogen) atoms. The van der Waals surface area contributed by atoms with Gasteiger partial charge in [0.05, 0.1) is 17.2 Å². The smallest absolute Gasteiger partial charge is 0.261 e. The van der Waals surface area contributed by atoms with Gasteiger partial charge in [-0.05, 0) is 29.7 Å². The number of nitrogens with one attached hydrogen (secondary N) is 1. The number of benzene rings is 2. The fourth-order valence-corrected chi connectivity index (χ4v) is 4.22. The van der Waals surface area contributed by atoms with Crippen LogP contribution in [0.3, 0.4) is 0 Å². The minimum absolute atomic E-state index is 0.124. The number of carbonyl (C=O) groups excluding carboxylic acids is 1. The summed E-state index contributed by atoms with van der Waals surface area (Å²) in [5.74, 6) is 0.226. The maximum Gasteiger partial charge on any atom is 0.261 e. The van der Waals surface area contributed by atoms with Crippen molar-refractivity contribution in [1.82, 2.24) is 19.7 Å². The Hall–Kier alpha value is -2.91. The zero-order valence-electron chi connectivity index (χ0n) is 17.0. The molecule has 0 fully saturated rings. The summed E-state index contributed by atoms with van der Waals surface area (Å²) < 4.78 is 2.25. The third-order valence-corrected chi connectivity index (χ3v) is 6.24. The first-order valence-electron chi connectivity index (χ1n) is 9.79. The Morgan fingerprint density at radius 1 is 1.16 bits per heavy atom. The Labute approximate surface area is 191 Å². The second-order valence-corrected chi connectivity index (χ2v) is 9.29. The highest BCUT2D eigenvalue weighted by Gasteiger charge is 2.12. The highest BCUT2D eigenvalue weighted by atomic mass is 79.9. The molecule has 0 aliphatic carbocycles. The lowest BCUT2D eigenvalue weighted by atomic mass is 10.0. The molecular weight excluding hydrogens is 478 g/mol. The number of carbonyl (C=O) groups is 1. The van der Waals surface area contributed by atoms with E-state index in [9.17, 15) is 9.59 Å². The lowest BCUT2D eigenvalue weighted by Crippen LogP contribution is -2.23. The monoisotopic (exact) mass is 497 g/mol. The number of anilines is 1. The van der Waals surface area contributed by atoms with Crippen molar-refractivity contribution < 1.29 is 4.79 Å². The van der Waals surface area contributed by atoms with Crippen LogP contribution >= 0.6 is 27.3 Å². The Morgan fingerprint density at radius 3 is 2.68 bits per heavy atom. The summed E-state index contributed by atoms with van der Waals surface area (Å²) in [7, 11) is 0. The van der Waals surface area contributed by atoms with Gasteiger partial charge in [-0.25, -0.2) is 4.98 Å². The molecule has 0 saturated carbocycles. The van der Waals surface area contributed by atoms with Crippen LogP contribution in [-0.2, 0) is 11.3 Å². The molecule has 2 aromatic carbocycles. The van der Waals surface area contributed by atoms with Crippen molar-refractivity contribution in [3.63, 3.8) is 0 Å². The number of hydrogen-bond donors (Lipinski definition) is 1. The zero-order valence-corrected chi connectivity index (χ0v) is 19.4. The van der Waals surface area contributed by atoms with E-state index in [1.54, 1.807) is 12.1 Å². The molecule has 0 aliphatic rings. The van der Waals surface area contributed by atoms with Crippen LogP contribution in [0.2, 0.25) is 0 Å². The van der Waals surface area contributed by atoms with Gasteiger partial charge in [-0.15, -0.1) is 10.2 Å². The van der Waals surface area contributed by atoms with E-state index in [0.717, 1.165) is 15.0 Å². The van der Waals surface area contributed by atoms with Crippen LogP contribution in [0, 0.1) is 0 Å². The quantitative estimate of drug-likeness (QED) is 0.411. The SMILES string of the molecule is CC(C)c1ccc(-c2nnc(NC(=O)CCn3cnc4ccc(Br)cc4c3=O)s2)cc1. The van der Waals surface area contributed by atoms with E-state index in [0.29, 0.717) is 22.0 Å². The molecule has 0 aliphatic heterocycles. The predicted molar refractivity (Wildman–Crippen MR) is 126 cm³/mol. The van der Waals surface area contributed by atoms with Gasteiger partial charge in [0.25, 0.3) is 5.56 Å². The maximum absolute atomic E-state index is 12.6. The van der Waals surface area contributed by atoms with E-state index in [1.807, 2.05) is 18.2 Å². The average molecular weight is 498 g/mol. The summed E-state index contributed by atoms with van der Waals surface area (Å²) >= 11 is 4.68. The normalized spacial score (nSPS) is 11.2. The van der Waals surface area contributed by atoms with Crippen LogP contribution in [0.1, 0.15) is 31.7 Å². The van der Waals surface area contributed by atoms with Gasteiger partial charge in [-0.1, -0.05) is 65.4 Å². The number of amides is 1. The van der Waals surface area contributed by atoms with Crippen molar-refractivity contribution in [2.24, 2.45) is 0 Å². The minimum Gasteiger partial charge on any atom is -0.300 e. The number of halogens is 1. The Balaban J connectivity index is 1.40. The van der Waals surface area contributed by atoms with E-state index in [2.05, 4.69) is 62.4 Å². The summed E-state index contributed by atoms with van der Waals surface area (Å²) in [6, 6.07) is 13.5. The molecule has 2 heterocycles. The van der Waals surface area contributed by atoms with Crippen molar-refractivity contribution in [3.8, 4) is 10.6 Å². The largest absolute Gasteiger partial charge is 0.300 e. The molecule has 0 spiro atoms. The number of nitrogens with zero attached hydrogens (tertiary/aromatic N) is 4. The van der Waals surface area contributed by atoms with E-state index >= 15 is 0 Å². The fraction of sp³-hybridized carbons (Fsp3) is 0.227. The summed E-state index contributed by atoms with van der Waals surface area (Å²) in [5.41, 5.74) is 2.66. The average Bonchev–Trinajstić information content (AvgIpc) is 3.22. The number of fused-ring (bicyclic) bond motifs is 1. The minimum atomic E-state index is -0.237. The molecule has 158 valence electrons. The second kappa shape index (κ2) is 9.07. The molecular formula is C22H20BrN5O2S. The molecule has 0 radical (unpaired) electrons. The van der Waals surface area contributed by atoms with Crippen LogP contribution in [0.25, 0.3) is 21.5 Å². The van der Waals surface area contributed by atoms with Crippen LogP contribution in [0.5, 0.6) is 0 Å². The number of aromatic nitrogens is 4. The third-order valence-electron chi connectivity index (χ3n) is 4.86. The summed E-state index contributed by atoms with van der Waals surface area (Å²) in [5, 5.41) is 12.7. The third kappa shape index (κ3) is 4.88. The van der Waals surface area contributed by atoms with Gasteiger partial charge in [-0.2, -0.15) is 0 Å². The van der Waals surface area contributed by atoms with Crippen LogP contribution in [0.4, 0.5) is 5.13 Å². The standard InChI is InChI=1S/C22H20BrN5O2S/c1-13(2)14-3-5-15(6-4-14)20-26-27-22(31-20)25-19(29)9-10-28-12-24-18-8-7-16(23)11-17(18)21(28)30/h3-8,11-13H,9-10H2,1-2H3,(H,25,27,29). The molecule has 0 atom stereocenters. The van der Waals surface area contributed by atoms with Crippen LogP contribution in [0.15, 0.2) is 58.1 Å². The van der Waals surface area contributed by atoms with Crippen LogP contribution < -0.4 is 10.9 Å². The van der Waals surface area contributed by atoms with Crippen molar-refractivity contribution in [2.45, 2.75) is 32.7 Å². The van der Waals surface area contributed by atoms with Gasteiger partial charge in [0.15, 0.2) is 0 Å². The molecule has 9 heteroatoms. The van der Waals surface area contributed by atoms with Gasteiger partial charge in [0, 0.05) is 23.0 Å². The molecule has 1 amide bonds. The summed E-state index contributed by atoms with van der Waals surface area (Å²) in [6.07, 6.45) is 1.59. The van der Waals surface area contributed by atoms with Gasteiger partial charge >= 0.3 is 0 Å². The highest BCUT2D eigenvalue weighted by Crippen LogP contribution is 2.27. The predicted octanol–water partition coefficient (Wildman–Crippen LogP) is 4.83. The van der Waals surface area contributed by atoms with E-state index in [-0.39, 0.29) is 24.4 Å². The van der Waals surface area contributed by atoms with Crippen molar-refractivity contribution in [1.29, 1.82) is 0 Å². The Kier molecular flexibility index (Phi) is 6.24. The topological polar surface area (TPSA) is 89.8 Å². The first-order chi connectivity index (χ1) is 14.9. The molecule has 7 nitrogen and oxygen atoms in total. The van der Waals surface area contributed by atoms with Gasteiger partial charge in [0.2, 0.25) is 11.0 Å². The Bertz CT molecular complexity index is 1300. The van der Waals surface area contributed by atoms with Gasteiger partial charge < -0.3 is 5.32 Å². The van der Waals surface area contributed by atoms with Gasteiger partial charge in [-0.3, -0.25) is 14.2 Å². The molecule has 2 aromatic heterocycles.